The van der Waals surface area contributed by atoms with E-state index in [2.05, 4.69) is 19.8 Å². The first-order chi connectivity index (χ1) is 15.8. The molecule has 4 heterocycles. The normalized spacial score (nSPS) is 13.0. The Kier molecular flexibility index (Phi) is 5.22. The number of aromatic nitrogens is 4. The lowest BCUT2D eigenvalue weighted by Crippen LogP contribution is -2.21. The van der Waals surface area contributed by atoms with Crippen LogP contribution < -0.4 is 14.8 Å². The van der Waals surface area contributed by atoms with Crippen molar-refractivity contribution in [3.8, 4) is 22.6 Å². The molecule has 5 rings (SSSR count). The Morgan fingerprint density at radius 1 is 1.33 bits per heavy atom. The Balaban J connectivity index is 1.58. The van der Waals surface area contributed by atoms with Gasteiger partial charge in [0.05, 0.1) is 22.7 Å². The number of fused-ring (bicyclic) bond motifs is 2. The summed E-state index contributed by atoms with van der Waals surface area (Å²) < 4.78 is 31.1. The Labute approximate surface area is 192 Å². The van der Waals surface area contributed by atoms with E-state index in [4.69, 9.17) is 9.47 Å². The number of nitrogens with zero attached hydrogens (tertiary/aromatic N) is 4. The van der Waals surface area contributed by atoms with E-state index in [0.29, 0.717) is 40.9 Å². The summed E-state index contributed by atoms with van der Waals surface area (Å²) in [4.78, 5) is 17.1. The zero-order chi connectivity index (χ0) is 23.2. The molecule has 0 aliphatic carbocycles. The molecular formula is C22H20FN5O4S. The minimum absolute atomic E-state index is 0.0331. The van der Waals surface area contributed by atoms with E-state index in [9.17, 15) is 9.90 Å². The number of nitrogens with one attached hydrogen (secondary N) is 1. The van der Waals surface area contributed by atoms with Gasteiger partial charge in [-0.25, -0.2) is 18.4 Å². The molecule has 1 aliphatic heterocycles. The average molecular weight is 469 g/mol. The van der Waals surface area contributed by atoms with Gasteiger partial charge in [-0.05, 0) is 50.0 Å². The van der Waals surface area contributed by atoms with E-state index in [1.54, 1.807) is 48.3 Å². The molecule has 0 atom stereocenters. The Hall–Kier alpha value is -3.57. The molecule has 33 heavy (non-hydrogen) atoms. The van der Waals surface area contributed by atoms with Crippen LogP contribution in [0.2, 0.25) is 0 Å². The first-order valence-electron chi connectivity index (χ1n) is 10.2. The van der Waals surface area contributed by atoms with Gasteiger partial charge in [0.1, 0.15) is 0 Å². The topological polar surface area (TPSA) is 111 Å². The van der Waals surface area contributed by atoms with Gasteiger partial charge in [-0.2, -0.15) is 5.10 Å². The fourth-order valence-corrected chi connectivity index (χ4v) is 4.01. The van der Waals surface area contributed by atoms with Gasteiger partial charge in [0.25, 0.3) is 5.91 Å². The summed E-state index contributed by atoms with van der Waals surface area (Å²) in [6, 6.07) is 4.96. The van der Waals surface area contributed by atoms with Gasteiger partial charge >= 0.3 is 0 Å². The minimum Gasteiger partial charge on any atom is -0.453 e. The lowest BCUT2D eigenvalue weighted by molar-refractivity contribution is 0.0654. The fourth-order valence-electron chi connectivity index (χ4n) is 3.49. The van der Waals surface area contributed by atoms with E-state index in [-0.39, 0.29) is 29.8 Å². The number of benzene rings is 1. The van der Waals surface area contributed by atoms with Gasteiger partial charge in [0, 0.05) is 29.2 Å². The summed E-state index contributed by atoms with van der Waals surface area (Å²) >= 11 is 1.17. The first-order valence-corrected chi connectivity index (χ1v) is 11.0. The van der Waals surface area contributed by atoms with Crippen molar-refractivity contribution in [2.24, 2.45) is 0 Å². The van der Waals surface area contributed by atoms with E-state index < -0.39 is 11.4 Å². The van der Waals surface area contributed by atoms with Crippen molar-refractivity contribution in [3.63, 3.8) is 0 Å². The second-order valence-electron chi connectivity index (χ2n) is 8.26. The minimum atomic E-state index is -0.903. The van der Waals surface area contributed by atoms with Gasteiger partial charge < -0.3 is 19.9 Å². The van der Waals surface area contributed by atoms with Crippen LogP contribution in [-0.2, 0) is 6.54 Å². The van der Waals surface area contributed by atoms with Gasteiger partial charge in [0.15, 0.2) is 23.0 Å². The summed E-state index contributed by atoms with van der Waals surface area (Å²) in [5, 5.41) is 19.6. The Bertz CT molecular complexity index is 1350. The van der Waals surface area contributed by atoms with Crippen molar-refractivity contribution >= 4 is 34.3 Å². The second kappa shape index (κ2) is 8.09. The number of carbonyl (C=O) groups excluding carboxylic acids is 1. The van der Waals surface area contributed by atoms with E-state index in [0.717, 1.165) is 0 Å². The number of hydrogen-bond acceptors (Lipinski definition) is 8. The van der Waals surface area contributed by atoms with Gasteiger partial charge in [-0.15, -0.1) is 0 Å². The number of halogens is 1. The molecule has 0 spiro atoms. The van der Waals surface area contributed by atoms with Crippen molar-refractivity contribution in [2.75, 3.05) is 12.1 Å². The monoisotopic (exact) mass is 469 g/mol. The second-order valence-corrected chi connectivity index (χ2v) is 8.91. The number of pyridine rings is 1. The number of anilines is 1. The number of rotatable bonds is 6. The molecule has 1 aromatic carbocycles. The van der Waals surface area contributed by atoms with Gasteiger partial charge in [-0.3, -0.25) is 4.79 Å². The molecule has 1 amide bonds. The van der Waals surface area contributed by atoms with E-state index in [1.807, 2.05) is 0 Å². The molecule has 0 bridgehead atoms. The molecular weight excluding hydrogens is 449 g/mol. The van der Waals surface area contributed by atoms with Crippen LogP contribution in [0.5, 0.6) is 11.5 Å². The molecule has 0 saturated carbocycles. The van der Waals surface area contributed by atoms with Gasteiger partial charge in [0.2, 0.25) is 12.5 Å². The van der Waals surface area contributed by atoms with Crippen molar-refractivity contribution in [1.82, 2.24) is 19.1 Å². The van der Waals surface area contributed by atoms with Crippen molar-refractivity contribution in [2.45, 2.75) is 32.4 Å². The van der Waals surface area contributed by atoms with Crippen LogP contribution in [-0.4, -0.2) is 42.5 Å². The van der Waals surface area contributed by atoms with Crippen LogP contribution >= 0.6 is 11.5 Å². The lowest BCUT2D eigenvalue weighted by atomic mass is 10.0. The van der Waals surface area contributed by atoms with Crippen LogP contribution in [0.15, 0.2) is 36.0 Å². The molecule has 3 aromatic heterocycles. The number of amides is 1. The maximum Gasteiger partial charge on any atom is 0.259 e. The molecule has 9 nitrogen and oxygen atoms in total. The molecule has 0 unspecified atom stereocenters. The largest absolute Gasteiger partial charge is 0.453 e. The molecule has 2 N–H and O–H groups in total. The maximum absolute atomic E-state index is 15.1. The summed E-state index contributed by atoms with van der Waals surface area (Å²) in [5.41, 5.74) is 0.790. The number of carbonyl (C=O) groups is 1. The smallest absolute Gasteiger partial charge is 0.259 e. The van der Waals surface area contributed by atoms with Crippen LogP contribution in [0.4, 0.5) is 10.2 Å². The SMILES string of the molecule is CC(C)(O)CCn1nc(NC(=O)c2cnsc2)c2cc(-c3ccc4c(c3F)OCO4)cnc21. The quantitative estimate of drug-likeness (QED) is 0.441. The zero-order valence-electron chi connectivity index (χ0n) is 17.8. The highest BCUT2D eigenvalue weighted by Crippen LogP contribution is 2.40. The average Bonchev–Trinajstić information content (AvgIpc) is 3.52. The molecule has 0 saturated heterocycles. The van der Waals surface area contributed by atoms with Crippen molar-refractivity contribution in [1.29, 1.82) is 0 Å². The van der Waals surface area contributed by atoms with Crippen molar-refractivity contribution < 1.29 is 23.8 Å². The molecule has 170 valence electrons. The predicted molar refractivity (Wildman–Crippen MR) is 120 cm³/mol. The maximum atomic E-state index is 15.1. The predicted octanol–water partition coefficient (Wildman–Crippen LogP) is 3.84. The number of hydrogen-bond donors (Lipinski definition) is 2. The first kappa shape index (κ1) is 21.3. The zero-order valence-corrected chi connectivity index (χ0v) is 18.6. The molecule has 1 aliphatic rings. The lowest BCUT2D eigenvalue weighted by Gasteiger charge is -2.16. The number of aryl methyl sites for hydroxylation is 1. The van der Waals surface area contributed by atoms with Crippen LogP contribution in [0.25, 0.3) is 22.2 Å². The summed E-state index contributed by atoms with van der Waals surface area (Å²) in [6.07, 6.45) is 3.44. The van der Waals surface area contributed by atoms with Crippen LogP contribution in [0.1, 0.15) is 30.6 Å². The van der Waals surface area contributed by atoms with Gasteiger partial charge in [-0.1, -0.05) is 0 Å². The molecule has 0 fully saturated rings. The summed E-state index contributed by atoms with van der Waals surface area (Å²) in [7, 11) is 0. The van der Waals surface area contributed by atoms with Crippen LogP contribution in [0.3, 0.4) is 0 Å². The van der Waals surface area contributed by atoms with E-state index >= 15 is 4.39 Å². The van der Waals surface area contributed by atoms with Crippen molar-refractivity contribution in [3.05, 3.63) is 47.4 Å². The third-order valence-corrected chi connectivity index (χ3v) is 5.82. The Morgan fingerprint density at radius 3 is 2.94 bits per heavy atom. The highest BCUT2D eigenvalue weighted by molar-refractivity contribution is 7.03. The Morgan fingerprint density at radius 2 is 2.18 bits per heavy atom. The van der Waals surface area contributed by atoms with Crippen LogP contribution in [0, 0.1) is 5.82 Å². The highest BCUT2D eigenvalue weighted by atomic mass is 32.1. The third-order valence-electron chi connectivity index (χ3n) is 5.24. The molecule has 0 radical (unpaired) electrons. The molecule has 11 heteroatoms. The molecule has 4 aromatic rings. The fraction of sp³-hybridized carbons (Fsp3) is 0.273. The van der Waals surface area contributed by atoms with E-state index in [1.165, 1.54) is 17.7 Å². The number of ether oxygens (including phenoxy) is 2. The summed E-state index contributed by atoms with van der Waals surface area (Å²) in [6.45, 7) is 3.76. The third kappa shape index (κ3) is 4.12. The summed E-state index contributed by atoms with van der Waals surface area (Å²) in [5.74, 6) is -0.214. The highest BCUT2D eigenvalue weighted by Gasteiger charge is 2.24. The standard InChI is InChI=1S/C22H20FN5O4S/c1-22(2,30)5-6-28-20-15(19(27-28)26-21(29)13-9-25-33-10-13)7-12(8-24-20)14-3-4-16-18(17(14)23)32-11-31-16/h3-4,7-10,30H,5-6,11H2,1-2H3,(H,26,27,29). The number of aliphatic hydroxyl groups is 1.